The minimum Gasteiger partial charge on any atom is -0.423 e. The first-order chi connectivity index (χ1) is 13.5. The number of benzene rings is 2. The van der Waals surface area contributed by atoms with Crippen molar-refractivity contribution in [1.82, 2.24) is 9.97 Å². The number of halogens is 1. The molecule has 0 radical (unpaired) electrons. The summed E-state index contributed by atoms with van der Waals surface area (Å²) in [5, 5.41) is 16.0. The quantitative estimate of drug-likeness (QED) is 0.451. The van der Waals surface area contributed by atoms with Gasteiger partial charge in [-0.25, -0.2) is 9.37 Å². The molecule has 142 valence electrons. The van der Waals surface area contributed by atoms with E-state index in [2.05, 4.69) is 20.6 Å². The van der Waals surface area contributed by atoms with Gasteiger partial charge in [0.05, 0.1) is 12.3 Å². The number of aromatic nitrogens is 2. The van der Waals surface area contributed by atoms with Crippen LogP contribution < -0.4 is 16.1 Å². The molecule has 0 bridgehead atoms. The number of thioether (sulfide) groups is 1. The second-order valence-corrected chi connectivity index (χ2v) is 7.25. The lowest BCUT2D eigenvalue weighted by molar-refractivity contribution is 0.275. The molecule has 0 aliphatic carbocycles. The third kappa shape index (κ3) is 3.69. The number of hydrogen-bond acceptors (Lipinski definition) is 7. The fourth-order valence-electron chi connectivity index (χ4n) is 2.96. The molecule has 3 N–H and O–H groups in total. The fourth-order valence-corrected chi connectivity index (χ4v) is 3.42. The van der Waals surface area contributed by atoms with Crippen LogP contribution in [0.3, 0.4) is 0 Å². The number of anilines is 4. The third-order valence-corrected chi connectivity index (χ3v) is 5.19. The molecule has 2 heterocycles. The first-order valence-electron chi connectivity index (χ1n) is 8.68. The summed E-state index contributed by atoms with van der Waals surface area (Å²) in [7, 11) is -1.25. The Kier molecular flexibility index (Phi) is 5.21. The van der Waals surface area contributed by atoms with Gasteiger partial charge in [0.25, 0.3) is 0 Å². The van der Waals surface area contributed by atoms with Gasteiger partial charge in [0.15, 0.2) is 0 Å². The summed E-state index contributed by atoms with van der Waals surface area (Å²) in [5.74, 6) is 0.316. The van der Waals surface area contributed by atoms with E-state index < -0.39 is 12.9 Å². The van der Waals surface area contributed by atoms with Crippen LogP contribution in [-0.4, -0.2) is 28.4 Å². The minimum absolute atomic E-state index is 0.157. The summed E-state index contributed by atoms with van der Waals surface area (Å²) in [4.78, 5) is 9.84. The van der Waals surface area contributed by atoms with Gasteiger partial charge < -0.3 is 20.3 Å². The number of rotatable bonds is 5. The van der Waals surface area contributed by atoms with E-state index in [9.17, 15) is 9.41 Å². The van der Waals surface area contributed by atoms with Gasteiger partial charge in [0.2, 0.25) is 5.95 Å². The van der Waals surface area contributed by atoms with E-state index in [4.69, 9.17) is 4.65 Å². The van der Waals surface area contributed by atoms with Crippen LogP contribution in [0.2, 0.25) is 0 Å². The highest BCUT2D eigenvalue weighted by Crippen LogP contribution is 2.25. The maximum Gasteiger partial charge on any atom is 0.494 e. The summed E-state index contributed by atoms with van der Waals surface area (Å²) in [6.07, 6.45) is 3.68. The minimum atomic E-state index is -1.25. The Balaban J connectivity index is 1.60. The predicted molar refractivity (Wildman–Crippen MR) is 110 cm³/mol. The normalized spacial score (nSPS) is 12.8. The Morgan fingerprint density at radius 3 is 2.93 bits per heavy atom. The maximum absolute atomic E-state index is 14.7. The van der Waals surface area contributed by atoms with Gasteiger partial charge in [-0.05, 0) is 43.0 Å². The van der Waals surface area contributed by atoms with E-state index in [1.54, 1.807) is 30.1 Å². The van der Waals surface area contributed by atoms with Gasteiger partial charge in [0, 0.05) is 27.8 Å². The molecule has 4 rings (SSSR count). The van der Waals surface area contributed by atoms with Crippen LogP contribution in [0, 0.1) is 12.7 Å². The van der Waals surface area contributed by atoms with Crippen LogP contribution in [0.15, 0.2) is 47.5 Å². The number of aryl methyl sites for hydroxylation is 1. The number of nitrogens with one attached hydrogen (secondary N) is 2. The van der Waals surface area contributed by atoms with E-state index in [1.165, 1.54) is 0 Å². The smallest absolute Gasteiger partial charge is 0.423 e. The van der Waals surface area contributed by atoms with Gasteiger partial charge in [-0.3, -0.25) is 0 Å². The van der Waals surface area contributed by atoms with Crippen molar-refractivity contribution in [3.8, 4) is 0 Å². The average Bonchev–Trinajstić information content (AvgIpc) is 3.08. The second-order valence-electron chi connectivity index (χ2n) is 6.37. The van der Waals surface area contributed by atoms with Gasteiger partial charge >= 0.3 is 7.12 Å². The first kappa shape index (κ1) is 18.7. The zero-order valence-electron chi connectivity index (χ0n) is 15.4. The average molecular weight is 396 g/mol. The number of nitrogens with zero attached hydrogens (tertiary/aromatic N) is 2. The van der Waals surface area contributed by atoms with E-state index in [0.29, 0.717) is 11.4 Å². The van der Waals surface area contributed by atoms with Crippen LogP contribution in [0.4, 0.5) is 27.5 Å². The van der Waals surface area contributed by atoms with Crippen LogP contribution in [0.5, 0.6) is 0 Å². The van der Waals surface area contributed by atoms with E-state index in [0.717, 1.165) is 16.1 Å². The Morgan fingerprint density at radius 2 is 2.11 bits per heavy atom. The number of hydrogen-bond donors (Lipinski definition) is 3. The Morgan fingerprint density at radius 1 is 1.25 bits per heavy atom. The molecule has 1 aliphatic rings. The highest BCUT2D eigenvalue weighted by Gasteiger charge is 2.32. The molecule has 0 saturated heterocycles. The van der Waals surface area contributed by atoms with Gasteiger partial charge in [0.1, 0.15) is 11.6 Å². The lowest BCUT2D eigenvalue weighted by atomic mass is 9.79. The molecule has 0 atom stereocenters. The molecule has 2 aromatic carbocycles. The van der Waals surface area contributed by atoms with E-state index >= 15 is 0 Å². The van der Waals surface area contributed by atoms with Crippen molar-refractivity contribution in [1.29, 1.82) is 0 Å². The highest BCUT2D eigenvalue weighted by atomic mass is 32.2. The highest BCUT2D eigenvalue weighted by molar-refractivity contribution is 7.98. The molecule has 0 amide bonds. The predicted octanol–water partition coefficient (Wildman–Crippen LogP) is 3.35. The Bertz CT molecular complexity index is 1040. The zero-order chi connectivity index (χ0) is 19.7. The monoisotopic (exact) mass is 396 g/mol. The van der Waals surface area contributed by atoms with Crippen molar-refractivity contribution in [2.75, 3.05) is 16.9 Å². The molecular formula is C19H18BFN4O2S. The summed E-state index contributed by atoms with van der Waals surface area (Å²) < 4.78 is 19.8. The molecular weight excluding hydrogens is 378 g/mol. The Labute approximate surface area is 166 Å². The largest absolute Gasteiger partial charge is 0.494 e. The van der Waals surface area contributed by atoms with Crippen molar-refractivity contribution in [2.24, 2.45) is 0 Å². The summed E-state index contributed by atoms with van der Waals surface area (Å²) in [6.45, 7) is 2.09. The molecule has 0 saturated carbocycles. The van der Waals surface area contributed by atoms with Crippen LogP contribution >= 0.6 is 11.8 Å². The topological polar surface area (TPSA) is 79.3 Å². The van der Waals surface area contributed by atoms with Crippen molar-refractivity contribution in [2.45, 2.75) is 18.4 Å². The summed E-state index contributed by atoms with van der Waals surface area (Å²) >= 11 is 1.66. The molecule has 6 nitrogen and oxygen atoms in total. The lowest BCUT2D eigenvalue weighted by Gasteiger charge is -2.13. The standard InChI is InChI=1S/C19H18BFN4O2S/c1-11-9-22-19(25-18(11)23-13-4-3-5-14(8-13)28-2)24-15-7-6-12-10-27-20(26)16(12)17(15)21/h3-9,26H,10H2,1-2H3,(H2,22,23,24,25). The van der Waals surface area contributed by atoms with Gasteiger partial charge in [-0.15, -0.1) is 11.8 Å². The molecule has 0 unspecified atom stereocenters. The van der Waals surface area contributed by atoms with Crippen molar-refractivity contribution in [3.05, 3.63) is 59.5 Å². The van der Waals surface area contributed by atoms with Crippen LogP contribution in [-0.2, 0) is 11.3 Å². The third-order valence-electron chi connectivity index (χ3n) is 4.46. The molecule has 9 heteroatoms. The van der Waals surface area contributed by atoms with Crippen molar-refractivity contribution >= 4 is 47.5 Å². The van der Waals surface area contributed by atoms with Gasteiger partial charge in [-0.1, -0.05) is 12.1 Å². The molecule has 28 heavy (non-hydrogen) atoms. The fraction of sp³-hybridized carbons (Fsp3) is 0.158. The Hall–Kier alpha value is -2.62. The van der Waals surface area contributed by atoms with Crippen LogP contribution in [0.1, 0.15) is 11.1 Å². The van der Waals surface area contributed by atoms with E-state index in [1.807, 2.05) is 37.4 Å². The van der Waals surface area contributed by atoms with Crippen molar-refractivity contribution < 1.29 is 14.1 Å². The second kappa shape index (κ2) is 7.79. The molecule has 1 aliphatic heterocycles. The molecule has 0 fully saturated rings. The van der Waals surface area contributed by atoms with Gasteiger partial charge in [-0.2, -0.15) is 4.98 Å². The van der Waals surface area contributed by atoms with Crippen molar-refractivity contribution in [3.63, 3.8) is 0 Å². The maximum atomic E-state index is 14.7. The summed E-state index contributed by atoms with van der Waals surface area (Å²) in [5.41, 5.74) is 2.74. The summed E-state index contributed by atoms with van der Waals surface area (Å²) in [6, 6.07) is 11.3. The van der Waals surface area contributed by atoms with E-state index in [-0.39, 0.29) is 23.7 Å². The molecule has 3 aromatic rings. The molecule has 1 aromatic heterocycles. The molecule has 0 spiro atoms. The SMILES string of the molecule is CSc1cccc(Nc2nc(Nc3ccc4c(c3F)B(O)OC4)ncc2C)c1. The van der Waals surface area contributed by atoms with Crippen LogP contribution in [0.25, 0.3) is 0 Å². The zero-order valence-corrected chi connectivity index (χ0v) is 16.2. The first-order valence-corrected chi connectivity index (χ1v) is 9.90. The number of fused-ring (bicyclic) bond motifs is 1. The lowest BCUT2D eigenvalue weighted by Crippen LogP contribution is -2.31.